The van der Waals surface area contributed by atoms with E-state index in [1.807, 2.05) is 17.5 Å². The van der Waals surface area contributed by atoms with Gasteiger partial charge >= 0.3 is 0 Å². The number of anilines is 1. The van der Waals surface area contributed by atoms with Crippen molar-refractivity contribution in [2.24, 2.45) is 0 Å². The van der Waals surface area contributed by atoms with E-state index in [1.54, 1.807) is 48.7 Å². The zero-order chi connectivity index (χ0) is 14.4. The summed E-state index contributed by atoms with van der Waals surface area (Å²) in [6.07, 6.45) is 3.22. The molecule has 0 spiro atoms. The maximum Gasteiger partial charge on any atom is 0.251 e. The first kappa shape index (κ1) is 14.0. The second kappa shape index (κ2) is 6.68. The number of thiophene rings is 1. The van der Waals surface area contributed by atoms with Crippen LogP contribution in [0.3, 0.4) is 0 Å². The zero-order valence-electron chi connectivity index (χ0n) is 10.9. The van der Waals surface area contributed by atoms with Gasteiger partial charge < -0.3 is 10.6 Å². The van der Waals surface area contributed by atoms with E-state index in [0.717, 1.165) is 4.88 Å². The summed E-state index contributed by atoms with van der Waals surface area (Å²) in [4.78, 5) is 24.3. The average molecular weight is 286 g/mol. The van der Waals surface area contributed by atoms with Crippen LogP contribution in [0.2, 0.25) is 0 Å². The predicted octanol–water partition coefficient (Wildman–Crippen LogP) is 2.76. The summed E-state index contributed by atoms with van der Waals surface area (Å²) in [5.41, 5.74) is 1.10. The first-order valence-corrected chi connectivity index (χ1v) is 6.92. The van der Waals surface area contributed by atoms with Crippen molar-refractivity contribution in [1.82, 2.24) is 5.32 Å². The van der Waals surface area contributed by atoms with Crippen LogP contribution in [0.4, 0.5) is 5.69 Å². The normalized spacial score (nSPS) is 10.4. The predicted molar refractivity (Wildman–Crippen MR) is 81.8 cm³/mol. The highest BCUT2D eigenvalue weighted by Gasteiger charge is 2.04. The molecule has 0 bridgehead atoms. The fourth-order valence-corrected chi connectivity index (χ4v) is 2.23. The highest BCUT2D eigenvalue weighted by Crippen LogP contribution is 2.12. The third kappa shape index (κ3) is 3.80. The summed E-state index contributed by atoms with van der Waals surface area (Å²) in [6, 6.07) is 10.6. The van der Waals surface area contributed by atoms with Gasteiger partial charge in [-0.25, -0.2) is 0 Å². The van der Waals surface area contributed by atoms with Crippen LogP contribution < -0.4 is 10.6 Å². The van der Waals surface area contributed by atoms with Gasteiger partial charge in [0.05, 0.1) is 0 Å². The van der Waals surface area contributed by atoms with E-state index in [9.17, 15) is 9.59 Å². The lowest BCUT2D eigenvalue weighted by atomic mass is 10.2. The van der Waals surface area contributed by atoms with Crippen LogP contribution in [0.1, 0.15) is 15.2 Å². The van der Waals surface area contributed by atoms with Crippen LogP contribution in [0.15, 0.2) is 47.9 Å². The fourth-order valence-electron chi connectivity index (χ4n) is 1.61. The Hall–Kier alpha value is -2.40. The monoisotopic (exact) mass is 286 g/mol. The molecule has 0 radical (unpaired) electrons. The number of carbonyl (C=O) groups excluding carboxylic acids is 2. The maximum absolute atomic E-state index is 11.8. The minimum Gasteiger partial charge on any atom is -0.355 e. The van der Waals surface area contributed by atoms with E-state index in [2.05, 4.69) is 10.6 Å². The molecular formula is C15H14N2O2S. The molecule has 2 aromatic rings. The van der Waals surface area contributed by atoms with Crippen molar-refractivity contribution in [1.29, 1.82) is 0 Å². The number of amides is 2. The lowest BCUT2D eigenvalue weighted by Gasteiger charge is -2.04. The third-order valence-corrected chi connectivity index (χ3v) is 3.40. The van der Waals surface area contributed by atoms with Gasteiger partial charge in [0.1, 0.15) is 0 Å². The van der Waals surface area contributed by atoms with Crippen molar-refractivity contribution in [3.05, 3.63) is 58.3 Å². The van der Waals surface area contributed by atoms with Crippen LogP contribution in [0.5, 0.6) is 0 Å². The molecule has 0 fully saturated rings. The Labute approximate surface area is 121 Å². The molecule has 2 rings (SSSR count). The van der Waals surface area contributed by atoms with Gasteiger partial charge in [0.2, 0.25) is 5.91 Å². The molecule has 0 atom stereocenters. The molecule has 2 N–H and O–H groups in total. The Morgan fingerprint density at radius 1 is 1.20 bits per heavy atom. The van der Waals surface area contributed by atoms with Gasteiger partial charge in [-0.3, -0.25) is 9.59 Å². The van der Waals surface area contributed by atoms with Crippen molar-refractivity contribution in [3.63, 3.8) is 0 Å². The van der Waals surface area contributed by atoms with Gasteiger partial charge in [0, 0.05) is 29.3 Å². The molecule has 1 aromatic heterocycles. The molecule has 0 unspecified atom stereocenters. The summed E-state index contributed by atoms with van der Waals surface area (Å²) < 4.78 is 0. The van der Waals surface area contributed by atoms with Gasteiger partial charge in [-0.15, -0.1) is 11.3 Å². The van der Waals surface area contributed by atoms with Crippen molar-refractivity contribution in [2.45, 2.75) is 0 Å². The molecule has 0 aliphatic rings. The molecule has 5 heteroatoms. The number of nitrogens with one attached hydrogen (secondary N) is 2. The first-order chi connectivity index (χ1) is 9.69. The summed E-state index contributed by atoms with van der Waals surface area (Å²) in [7, 11) is 1.57. The summed E-state index contributed by atoms with van der Waals surface area (Å²) >= 11 is 1.56. The topological polar surface area (TPSA) is 58.2 Å². The van der Waals surface area contributed by atoms with Gasteiger partial charge in [0.15, 0.2) is 0 Å². The van der Waals surface area contributed by atoms with Crippen LogP contribution in [0, 0.1) is 0 Å². The zero-order valence-corrected chi connectivity index (χ0v) is 11.7. The SMILES string of the molecule is CNC(=O)c1cccc(NC(=O)C=Cc2cccs2)c1. The number of benzene rings is 1. The lowest BCUT2D eigenvalue weighted by molar-refractivity contribution is -0.111. The minimum atomic E-state index is -0.229. The molecule has 0 saturated carbocycles. The average Bonchev–Trinajstić information content (AvgIpc) is 2.98. The van der Waals surface area contributed by atoms with Gasteiger partial charge in [-0.2, -0.15) is 0 Å². The maximum atomic E-state index is 11.8. The Balaban J connectivity index is 2.02. The van der Waals surface area contributed by atoms with E-state index >= 15 is 0 Å². The molecule has 0 aliphatic carbocycles. The second-order valence-corrected chi connectivity index (χ2v) is 4.98. The van der Waals surface area contributed by atoms with E-state index < -0.39 is 0 Å². The lowest BCUT2D eigenvalue weighted by Crippen LogP contribution is -2.18. The van der Waals surface area contributed by atoms with Crippen molar-refractivity contribution in [3.8, 4) is 0 Å². The minimum absolute atomic E-state index is 0.185. The van der Waals surface area contributed by atoms with E-state index in [1.165, 1.54) is 6.08 Å². The van der Waals surface area contributed by atoms with Crippen molar-refractivity contribution < 1.29 is 9.59 Å². The number of hydrogen-bond acceptors (Lipinski definition) is 3. The summed E-state index contributed by atoms with van der Waals surface area (Å²) in [5, 5.41) is 7.21. The van der Waals surface area contributed by atoms with Gasteiger partial charge in [-0.1, -0.05) is 12.1 Å². The van der Waals surface area contributed by atoms with Crippen LogP contribution in [0.25, 0.3) is 6.08 Å². The molecule has 2 amide bonds. The number of carbonyl (C=O) groups is 2. The molecule has 0 aliphatic heterocycles. The molecule has 0 saturated heterocycles. The van der Waals surface area contributed by atoms with Gasteiger partial charge in [0.25, 0.3) is 5.91 Å². The Morgan fingerprint density at radius 3 is 2.75 bits per heavy atom. The second-order valence-electron chi connectivity index (χ2n) is 4.00. The highest BCUT2D eigenvalue weighted by molar-refractivity contribution is 7.10. The van der Waals surface area contributed by atoms with Crippen LogP contribution in [-0.4, -0.2) is 18.9 Å². The Morgan fingerprint density at radius 2 is 2.05 bits per heavy atom. The smallest absolute Gasteiger partial charge is 0.251 e. The summed E-state index contributed by atoms with van der Waals surface area (Å²) in [5.74, 6) is -0.414. The fraction of sp³-hybridized carbons (Fsp3) is 0.0667. The standard InChI is InChI=1S/C15H14N2O2S/c1-16-15(19)11-4-2-5-12(10-11)17-14(18)8-7-13-6-3-9-20-13/h2-10H,1H3,(H,16,19)(H,17,18). The van der Waals surface area contributed by atoms with Crippen LogP contribution in [-0.2, 0) is 4.79 Å². The molecular weight excluding hydrogens is 272 g/mol. The van der Waals surface area contributed by atoms with Crippen molar-refractivity contribution >= 4 is 34.9 Å². The Kier molecular flexibility index (Phi) is 4.68. The number of hydrogen-bond donors (Lipinski definition) is 2. The third-order valence-electron chi connectivity index (χ3n) is 2.56. The largest absolute Gasteiger partial charge is 0.355 e. The summed E-state index contributed by atoms with van der Waals surface area (Å²) in [6.45, 7) is 0. The highest BCUT2D eigenvalue weighted by atomic mass is 32.1. The van der Waals surface area contributed by atoms with Crippen molar-refractivity contribution in [2.75, 3.05) is 12.4 Å². The number of rotatable bonds is 4. The van der Waals surface area contributed by atoms with Crippen LogP contribution >= 0.6 is 11.3 Å². The molecule has 20 heavy (non-hydrogen) atoms. The van der Waals surface area contributed by atoms with Gasteiger partial charge in [-0.05, 0) is 35.7 Å². The molecule has 102 valence electrons. The van der Waals surface area contributed by atoms with E-state index in [-0.39, 0.29) is 11.8 Å². The van der Waals surface area contributed by atoms with E-state index in [0.29, 0.717) is 11.3 Å². The molecule has 1 heterocycles. The molecule has 1 aromatic carbocycles. The molecule has 4 nitrogen and oxygen atoms in total. The van der Waals surface area contributed by atoms with E-state index in [4.69, 9.17) is 0 Å². The first-order valence-electron chi connectivity index (χ1n) is 6.04. The quantitative estimate of drug-likeness (QED) is 0.849. The Bertz CT molecular complexity index is 633.